The van der Waals surface area contributed by atoms with Gasteiger partial charge in [0.1, 0.15) is 5.84 Å². The van der Waals surface area contributed by atoms with Gasteiger partial charge in [0.15, 0.2) is 0 Å². The van der Waals surface area contributed by atoms with Crippen molar-refractivity contribution >= 4 is 5.84 Å². The zero-order valence-electron chi connectivity index (χ0n) is 12.3. The van der Waals surface area contributed by atoms with Crippen molar-refractivity contribution in [2.45, 2.75) is 51.6 Å². The Morgan fingerprint density at radius 1 is 1.45 bits per heavy atom. The van der Waals surface area contributed by atoms with Crippen molar-refractivity contribution < 1.29 is 5.21 Å². The number of amidine groups is 1. The van der Waals surface area contributed by atoms with E-state index in [1.54, 1.807) is 0 Å². The van der Waals surface area contributed by atoms with E-state index in [4.69, 9.17) is 10.9 Å². The smallest absolute Gasteiger partial charge is 0.141 e. The van der Waals surface area contributed by atoms with Crippen LogP contribution in [0.5, 0.6) is 0 Å². The standard InChI is InChI=1S/C16H25N3O/c1-16(2)10-6-9-14(16)18-13(11-15(17)19-20)12-7-4-3-5-8-12/h3-5,7-8,13-14,18,20H,6,9-11H2,1-2H3,(H2,17,19). The lowest BCUT2D eigenvalue weighted by atomic mass is 9.86. The van der Waals surface area contributed by atoms with Crippen molar-refractivity contribution in [3.8, 4) is 0 Å². The van der Waals surface area contributed by atoms with Gasteiger partial charge in [-0.1, -0.05) is 55.8 Å². The Morgan fingerprint density at radius 3 is 2.70 bits per heavy atom. The molecule has 0 radical (unpaired) electrons. The van der Waals surface area contributed by atoms with Gasteiger partial charge in [0.05, 0.1) is 0 Å². The fourth-order valence-corrected chi connectivity index (χ4v) is 3.09. The Kier molecular flexibility index (Phi) is 4.65. The second-order valence-electron chi connectivity index (χ2n) is 6.36. The van der Waals surface area contributed by atoms with Crippen LogP contribution in [0.3, 0.4) is 0 Å². The Hall–Kier alpha value is -1.55. The maximum absolute atomic E-state index is 8.83. The van der Waals surface area contributed by atoms with Crippen LogP contribution in [0, 0.1) is 5.41 Å². The number of oxime groups is 1. The van der Waals surface area contributed by atoms with Gasteiger partial charge in [-0.15, -0.1) is 0 Å². The highest BCUT2D eigenvalue weighted by Crippen LogP contribution is 2.38. The maximum Gasteiger partial charge on any atom is 0.141 e. The number of nitrogens with two attached hydrogens (primary N) is 1. The molecule has 0 saturated heterocycles. The summed E-state index contributed by atoms with van der Waals surface area (Å²) in [5, 5.41) is 15.7. The third kappa shape index (κ3) is 3.51. The number of nitrogens with zero attached hydrogens (tertiary/aromatic N) is 1. The van der Waals surface area contributed by atoms with Gasteiger partial charge >= 0.3 is 0 Å². The predicted octanol–water partition coefficient (Wildman–Crippen LogP) is 3.03. The number of benzene rings is 1. The van der Waals surface area contributed by atoms with Crippen LogP contribution < -0.4 is 11.1 Å². The molecule has 1 aromatic carbocycles. The van der Waals surface area contributed by atoms with E-state index in [1.165, 1.54) is 24.8 Å². The number of hydrogen-bond acceptors (Lipinski definition) is 3. The van der Waals surface area contributed by atoms with Gasteiger partial charge in [0, 0.05) is 18.5 Å². The van der Waals surface area contributed by atoms with Crippen LogP contribution in [-0.4, -0.2) is 17.1 Å². The molecule has 1 aromatic rings. The minimum Gasteiger partial charge on any atom is -0.409 e. The van der Waals surface area contributed by atoms with E-state index in [-0.39, 0.29) is 11.9 Å². The molecule has 4 heteroatoms. The second kappa shape index (κ2) is 6.27. The van der Waals surface area contributed by atoms with E-state index in [0.717, 1.165) is 0 Å². The summed E-state index contributed by atoms with van der Waals surface area (Å²) in [5.41, 5.74) is 7.20. The molecule has 4 N–H and O–H groups in total. The summed E-state index contributed by atoms with van der Waals surface area (Å²) >= 11 is 0. The zero-order chi connectivity index (χ0) is 14.6. The Morgan fingerprint density at radius 2 is 2.15 bits per heavy atom. The third-order valence-electron chi connectivity index (χ3n) is 4.40. The first-order valence-corrected chi connectivity index (χ1v) is 7.30. The summed E-state index contributed by atoms with van der Waals surface area (Å²) in [6.45, 7) is 4.62. The van der Waals surface area contributed by atoms with Crippen LogP contribution in [0.4, 0.5) is 0 Å². The molecule has 0 heterocycles. The van der Waals surface area contributed by atoms with Gasteiger partial charge in [-0.25, -0.2) is 0 Å². The number of nitrogens with one attached hydrogen (secondary N) is 1. The van der Waals surface area contributed by atoms with Crippen LogP contribution in [0.15, 0.2) is 35.5 Å². The Bertz CT molecular complexity index is 456. The summed E-state index contributed by atoms with van der Waals surface area (Å²) in [5.74, 6) is 0.266. The molecule has 1 aliphatic carbocycles. The van der Waals surface area contributed by atoms with Crippen molar-refractivity contribution in [3.63, 3.8) is 0 Å². The summed E-state index contributed by atoms with van der Waals surface area (Å²) < 4.78 is 0. The lowest BCUT2D eigenvalue weighted by molar-refractivity contribution is 0.261. The lowest BCUT2D eigenvalue weighted by Crippen LogP contribution is -2.41. The molecule has 0 bridgehead atoms. The van der Waals surface area contributed by atoms with Gasteiger partial charge < -0.3 is 16.3 Å². The van der Waals surface area contributed by atoms with Crippen LogP contribution in [-0.2, 0) is 0 Å². The molecule has 1 saturated carbocycles. The largest absolute Gasteiger partial charge is 0.409 e. The third-order valence-corrected chi connectivity index (χ3v) is 4.40. The van der Waals surface area contributed by atoms with E-state index < -0.39 is 0 Å². The first-order valence-electron chi connectivity index (χ1n) is 7.30. The monoisotopic (exact) mass is 275 g/mol. The highest BCUT2D eigenvalue weighted by atomic mass is 16.4. The fraction of sp³-hybridized carbons (Fsp3) is 0.562. The molecule has 2 atom stereocenters. The highest BCUT2D eigenvalue weighted by molar-refractivity contribution is 5.80. The SMILES string of the molecule is CC1(C)CCCC1NC(CC(N)=NO)c1ccccc1. The van der Waals surface area contributed by atoms with Crippen molar-refractivity contribution in [2.75, 3.05) is 0 Å². The molecular formula is C16H25N3O. The van der Waals surface area contributed by atoms with Crippen molar-refractivity contribution in [1.82, 2.24) is 5.32 Å². The Labute approximate surface area is 121 Å². The Balaban J connectivity index is 2.15. The topological polar surface area (TPSA) is 70.6 Å². The normalized spacial score (nSPS) is 23.7. The molecular weight excluding hydrogens is 250 g/mol. The zero-order valence-corrected chi connectivity index (χ0v) is 12.3. The molecule has 0 aromatic heterocycles. The first kappa shape index (κ1) is 14.9. The van der Waals surface area contributed by atoms with E-state index in [0.29, 0.717) is 17.9 Å². The predicted molar refractivity (Wildman–Crippen MR) is 81.8 cm³/mol. The van der Waals surface area contributed by atoms with Crippen LogP contribution >= 0.6 is 0 Å². The maximum atomic E-state index is 8.83. The molecule has 2 rings (SSSR count). The molecule has 0 aliphatic heterocycles. The van der Waals surface area contributed by atoms with E-state index in [1.807, 2.05) is 18.2 Å². The minimum atomic E-state index is 0.0921. The summed E-state index contributed by atoms with van der Waals surface area (Å²) in [6, 6.07) is 10.8. The van der Waals surface area contributed by atoms with E-state index >= 15 is 0 Å². The molecule has 110 valence electrons. The molecule has 2 unspecified atom stereocenters. The number of rotatable bonds is 5. The quantitative estimate of drug-likeness (QED) is 0.335. The van der Waals surface area contributed by atoms with Crippen molar-refractivity contribution in [2.24, 2.45) is 16.3 Å². The van der Waals surface area contributed by atoms with Crippen molar-refractivity contribution in [3.05, 3.63) is 35.9 Å². The van der Waals surface area contributed by atoms with Gasteiger partial charge in [-0.05, 0) is 23.8 Å². The molecule has 4 nitrogen and oxygen atoms in total. The van der Waals surface area contributed by atoms with Crippen LogP contribution in [0.25, 0.3) is 0 Å². The minimum absolute atomic E-state index is 0.0921. The van der Waals surface area contributed by atoms with Gasteiger partial charge in [0.25, 0.3) is 0 Å². The van der Waals surface area contributed by atoms with Crippen molar-refractivity contribution in [1.29, 1.82) is 0 Å². The molecule has 0 spiro atoms. The summed E-state index contributed by atoms with van der Waals surface area (Å²) in [7, 11) is 0. The average molecular weight is 275 g/mol. The highest BCUT2D eigenvalue weighted by Gasteiger charge is 2.35. The van der Waals surface area contributed by atoms with Crippen LogP contribution in [0.2, 0.25) is 0 Å². The molecule has 20 heavy (non-hydrogen) atoms. The molecule has 1 fully saturated rings. The van der Waals surface area contributed by atoms with Gasteiger partial charge in [-0.2, -0.15) is 0 Å². The summed E-state index contributed by atoms with van der Waals surface area (Å²) in [4.78, 5) is 0. The number of hydrogen-bond donors (Lipinski definition) is 3. The lowest BCUT2D eigenvalue weighted by Gasteiger charge is -2.32. The van der Waals surface area contributed by atoms with E-state index in [2.05, 4.69) is 36.5 Å². The van der Waals surface area contributed by atoms with Crippen LogP contribution in [0.1, 0.15) is 51.1 Å². The van der Waals surface area contributed by atoms with Gasteiger partial charge in [0.2, 0.25) is 0 Å². The first-order chi connectivity index (χ1) is 9.53. The summed E-state index contributed by atoms with van der Waals surface area (Å²) in [6.07, 6.45) is 4.21. The second-order valence-corrected chi connectivity index (χ2v) is 6.36. The van der Waals surface area contributed by atoms with E-state index in [9.17, 15) is 0 Å². The average Bonchev–Trinajstić information content (AvgIpc) is 2.78. The van der Waals surface area contributed by atoms with Gasteiger partial charge in [-0.3, -0.25) is 0 Å². The molecule has 0 amide bonds. The molecule has 1 aliphatic rings. The fourth-order valence-electron chi connectivity index (χ4n) is 3.09.